The van der Waals surface area contributed by atoms with Crippen LogP contribution in [0.2, 0.25) is 0 Å². The van der Waals surface area contributed by atoms with E-state index in [-0.39, 0.29) is 17.9 Å². The summed E-state index contributed by atoms with van der Waals surface area (Å²) in [6.07, 6.45) is -2.69. The number of aromatic nitrogens is 1. The van der Waals surface area contributed by atoms with E-state index in [9.17, 15) is 27.9 Å². The number of halogens is 3. The van der Waals surface area contributed by atoms with Crippen molar-refractivity contribution in [1.82, 2.24) is 9.47 Å². The highest BCUT2D eigenvalue weighted by molar-refractivity contribution is 5.93. The zero-order valence-corrected chi connectivity index (χ0v) is 16.9. The maximum absolute atomic E-state index is 12.9. The number of carboxylic acid groups (broad SMARTS) is 1. The van der Waals surface area contributed by atoms with Gasteiger partial charge in [-0.2, -0.15) is 13.2 Å². The Balaban J connectivity index is 1.68. The highest BCUT2D eigenvalue weighted by Gasteiger charge is 2.31. The lowest BCUT2D eigenvalue weighted by atomic mass is 10.1. The van der Waals surface area contributed by atoms with Crippen LogP contribution in [-0.4, -0.2) is 52.6 Å². The Morgan fingerprint density at radius 1 is 1.13 bits per heavy atom. The number of carbonyl (C=O) groups excluding carboxylic acids is 1. The average Bonchev–Trinajstić information content (AvgIpc) is 3.02. The lowest BCUT2D eigenvalue weighted by Crippen LogP contribution is -2.49. The van der Waals surface area contributed by atoms with Gasteiger partial charge < -0.3 is 19.5 Å². The van der Waals surface area contributed by atoms with Crippen LogP contribution in [0.5, 0.6) is 0 Å². The van der Waals surface area contributed by atoms with E-state index in [4.69, 9.17) is 0 Å². The topological polar surface area (TPSA) is 65.8 Å². The minimum atomic E-state index is -4.40. The van der Waals surface area contributed by atoms with Gasteiger partial charge in [-0.1, -0.05) is 6.07 Å². The molecule has 0 unspecified atom stereocenters. The number of rotatable bonds is 5. The molecular formula is C21H24F3N3O3. The number of carboxylic acids is 1. The van der Waals surface area contributed by atoms with Crippen LogP contribution in [0.3, 0.4) is 0 Å². The number of carbonyl (C=O) groups is 2. The Bertz CT molecular complexity index is 945. The number of aromatic carboxylic acids is 1. The second-order valence-electron chi connectivity index (χ2n) is 7.32. The molecular weight excluding hydrogens is 399 g/mol. The van der Waals surface area contributed by atoms with Gasteiger partial charge in [-0.25, -0.2) is 4.79 Å². The fourth-order valence-electron chi connectivity index (χ4n) is 3.86. The normalized spacial score (nSPS) is 14.8. The fourth-order valence-corrected chi connectivity index (χ4v) is 3.86. The first-order chi connectivity index (χ1) is 14.1. The molecule has 1 N–H and O–H groups in total. The molecule has 30 heavy (non-hydrogen) atoms. The predicted octanol–water partition coefficient (Wildman–Crippen LogP) is 3.42. The highest BCUT2D eigenvalue weighted by Crippen LogP contribution is 2.32. The van der Waals surface area contributed by atoms with Crippen molar-refractivity contribution < 1.29 is 27.9 Å². The largest absolute Gasteiger partial charge is 0.478 e. The summed E-state index contributed by atoms with van der Waals surface area (Å²) in [7, 11) is 0. The quantitative estimate of drug-likeness (QED) is 0.800. The minimum Gasteiger partial charge on any atom is -0.478 e. The molecule has 0 bridgehead atoms. The first-order valence-electron chi connectivity index (χ1n) is 9.73. The van der Waals surface area contributed by atoms with Crippen molar-refractivity contribution in [1.29, 1.82) is 0 Å². The lowest BCUT2D eigenvalue weighted by Gasteiger charge is -2.36. The zero-order valence-electron chi connectivity index (χ0n) is 16.9. The van der Waals surface area contributed by atoms with Crippen molar-refractivity contribution in [2.24, 2.45) is 0 Å². The molecule has 9 heteroatoms. The predicted molar refractivity (Wildman–Crippen MR) is 106 cm³/mol. The third-order valence-corrected chi connectivity index (χ3v) is 5.42. The summed E-state index contributed by atoms with van der Waals surface area (Å²) in [5, 5.41) is 9.49. The number of hydrogen-bond donors (Lipinski definition) is 1. The van der Waals surface area contributed by atoms with Gasteiger partial charge in [-0.15, -0.1) is 0 Å². The molecule has 0 saturated carbocycles. The molecule has 1 aromatic carbocycles. The van der Waals surface area contributed by atoms with E-state index >= 15 is 0 Å². The van der Waals surface area contributed by atoms with E-state index in [2.05, 4.69) is 0 Å². The Kier molecular flexibility index (Phi) is 6.09. The van der Waals surface area contributed by atoms with Gasteiger partial charge in [-0.05, 0) is 37.6 Å². The lowest BCUT2D eigenvalue weighted by molar-refractivity contribution is -0.137. The number of amides is 1. The summed E-state index contributed by atoms with van der Waals surface area (Å²) in [5.41, 5.74) is 1.03. The monoisotopic (exact) mass is 423 g/mol. The smallest absolute Gasteiger partial charge is 0.416 e. The summed E-state index contributed by atoms with van der Waals surface area (Å²) in [6, 6.07) is 5.16. The first-order valence-corrected chi connectivity index (χ1v) is 9.73. The molecule has 1 saturated heterocycles. The van der Waals surface area contributed by atoms with E-state index in [1.165, 1.54) is 6.07 Å². The molecule has 0 aliphatic carbocycles. The van der Waals surface area contributed by atoms with Crippen LogP contribution in [0.1, 0.15) is 34.1 Å². The van der Waals surface area contributed by atoms with Crippen molar-refractivity contribution >= 4 is 17.6 Å². The van der Waals surface area contributed by atoms with Gasteiger partial charge in [-0.3, -0.25) is 4.79 Å². The highest BCUT2D eigenvalue weighted by atomic mass is 19.4. The number of alkyl halides is 3. The summed E-state index contributed by atoms with van der Waals surface area (Å²) < 4.78 is 40.6. The molecule has 0 atom stereocenters. The van der Waals surface area contributed by atoms with Crippen LogP contribution in [0.15, 0.2) is 30.5 Å². The SMILES string of the molecule is CCn1cc(C)c(C(=O)O)c1CC(=O)N1CCN(c2cccc(C(F)(F)F)c2)CC1. The average molecular weight is 423 g/mol. The third kappa shape index (κ3) is 4.44. The summed E-state index contributed by atoms with van der Waals surface area (Å²) in [5.74, 6) is -1.24. The van der Waals surface area contributed by atoms with Gasteiger partial charge in [0.2, 0.25) is 5.91 Å². The Labute approximate surface area is 172 Å². The summed E-state index contributed by atoms with van der Waals surface area (Å²) in [6.45, 7) is 5.69. The van der Waals surface area contributed by atoms with Crippen molar-refractivity contribution in [3.8, 4) is 0 Å². The minimum absolute atomic E-state index is 0.0210. The fraction of sp³-hybridized carbons (Fsp3) is 0.429. The number of hydrogen-bond acceptors (Lipinski definition) is 3. The Morgan fingerprint density at radius 3 is 2.37 bits per heavy atom. The molecule has 3 rings (SSSR count). The van der Waals surface area contributed by atoms with Crippen LogP contribution in [0.25, 0.3) is 0 Å². The van der Waals surface area contributed by atoms with Crippen LogP contribution >= 0.6 is 0 Å². The van der Waals surface area contributed by atoms with E-state index < -0.39 is 17.7 Å². The number of anilines is 1. The maximum Gasteiger partial charge on any atom is 0.416 e. The van der Waals surface area contributed by atoms with Crippen molar-refractivity contribution in [2.45, 2.75) is 33.0 Å². The summed E-state index contributed by atoms with van der Waals surface area (Å²) in [4.78, 5) is 27.9. The van der Waals surface area contributed by atoms with Crippen LogP contribution < -0.4 is 4.90 Å². The molecule has 2 aromatic rings. The van der Waals surface area contributed by atoms with E-state index in [0.717, 1.165) is 12.1 Å². The number of piperazine rings is 1. The standard InChI is InChI=1S/C21H24F3N3O3/c1-3-25-13-14(2)19(20(29)30)17(25)12-18(28)27-9-7-26(8-10-27)16-6-4-5-15(11-16)21(22,23)24/h4-6,11,13H,3,7-10,12H2,1-2H3,(H,29,30). The molecule has 1 aliphatic heterocycles. The number of aryl methyl sites for hydroxylation is 2. The maximum atomic E-state index is 12.9. The van der Waals surface area contributed by atoms with Crippen LogP contribution in [0.4, 0.5) is 18.9 Å². The molecule has 1 fully saturated rings. The van der Waals surface area contributed by atoms with E-state index in [0.29, 0.717) is 49.7 Å². The van der Waals surface area contributed by atoms with E-state index in [1.807, 2.05) is 11.8 Å². The van der Waals surface area contributed by atoms with Crippen LogP contribution in [0, 0.1) is 6.92 Å². The van der Waals surface area contributed by atoms with Gasteiger partial charge in [0.15, 0.2) is 0 Å². The molecule has 0 spiro atoms. The molecule has 1 aromatic heterocycles. The first kappa shape index (κ1) is 21.7. The van der Waals surface area contributed by atoms with Gasteiger partial charge in [0.05, 0.1) is 17.5 Å². The molecule has 1 aliphatic rings. The van der Waals surface area contributed by atoms with Crippen molar-refractivity contribution in [3.63, 3.8) is 0 Å². The Hall–Kier alpha value is -2.97. The van der Waals surface area contributed by atoms with Crippen molar-refractivity contribution in [2.75, 3.05) is 31.1 Å². The molecule has 1 amide bonds. The second-order valence-corrected chi connectivity index (χ2v) is 7.32. The molecule has 162 valence electrons. The second kappa shape index (κ2) is 8.41. The van der Waals surface area contributed by atoms with Gasteiger partial charge in [0, 0.05) is 50.3 Å². The molecule has 0 radical (unpaired) electrons. The number of nitrogens with zero attached hydrogens (tertiary/aromatic N) is 3. The van der Waals surface area contributed by atoms with Crippen molar-refractivity contribution in [3.05, 3.63) is 52.8 Å². The third-order valence-electron chi connectivity index (χ3n) is 5.42. The van der Waals surface area contributed by atoms with Gasteiger partial charge in [0.1, 0.15) is 0 Å². The van der Waals surface area contributed by atoms with E-state index in [1.54, 1.807) is 28.7 Å². The van der Waals surface area contributed by atoms with Gasteiger partial charge >= 0.3 is 12.1 Å². The molecule has 6 nitrogen and oxygen atoms in total. The Morgan fingerprint density at radius 2 is 1.80 bits per heavy atom. The zero-order chi connectivity index (χ0) is 22.1. The van der Waals surface area contributed by atoms with Gasteiger partial charge in [0.25, 0.3) is 0 Å². The van der Waals surface area contributed by atoms with Crippen LogP contribution in [-0.2, 0) is 23.9 Å². The molecule has 2 heterocycles. The summed E-state index contributed by atoms with van der Waals surface area (Å²) >= 11 is 0. The number of benzene rings is 1.